The predicted molar refractivity (Wildman–Crippen MR) is 97.4 cm³/mol. The maximum Gasteiger partial charge on any atom is 0.392 e. The molecule has 0 saturated heterocycles. The zero-order chi connectivity index (χ0) is 20.3. The van der Waals surface area contributed by atoms with E-state index in [4.69, 9.17) is 0 Å². The van der Waals surface area contributed by atoms with Crippen LogP contribution in [0.25, 0.3) is 10.9 Å². The molecule has 1 unspecified atom stereocenters. The molecule has 0 amide bonds. The molecular weight excluding hydrogens is 415 g/mol. The van der Waals surface area contributed by atoms with Crippen LogP contribution < -0.4 is 0 Å². The molecule has 28 heavy (non-hydrogen) atoms. The third kappa shape index (κ3) is 2.82. The fourth-order valence-electron chi connectivity index (χ4n) is 3.78. The van der Waals surface area contributed by atoms with Crippen LogP contribution in [0.15, 0.2) is 40.6 Å². The van der Waals surface area contributed by atoms with Crippen molar-refractivity contribution < 1.29 is 31.5 Å². The van der Waals surface area contributed by atoms with Crippen LogP contribution in [0.3, 0.4) is 0 Å². The first kappa shape index (κ1) is 19.0. The van der Waals surface area contributed by atoms with Crippen LogP contribution in [0.1, 0.15) is 27.3 Å². The number of hydrogen-bond donors (Lipinski definition) is 1. The Kier molecular flexibility index (Phi) is 4.31. The lowest BCUT2D eigenvalue weighted by molar-refractivity contribution is -0.177. The van der Waals surface area contributed by atoms with Gasteiger partial charge in [-0.15, -0.1) is 11.3 Å². The molecule has 2 aromatic heterocycles. The van der Waals surface area contributed by atoms with Crippen LogP contribution in [0.4, 0.5) is 13.2 Å². The average molecular weight is 429 g/mol. The number of alkyl halides is 3. The lowest BCUT2D eigenvalue weighted by Crippen LogP contribution is -2.30. The number of fused-ring (bicyclic) bond motifs is 3. The van der Waals surface area contributed by atoms with Crippen LogP contribution in [0.5, 0.6) is 0 Å². The molecule has 0 radical (unpaired) electrons. The van der Waals surface area contributed by atoms with Crippen LogP contribution >= 0.6 is 11.3 Å². The van der Waals surface area contributed by atoms with E-state index in [1.165, 1.54) is 17.5 Å². The Bertz CT molecular complexity index is 1190. The van der Waals surface area contributed by atoms with E-state index in [2.05, 4.69) is 0 Å². The normalized spacial score (nSPS) is 17.6. The predicted octanol–water partition coefficient (Wildman–Crippen LogP) is 4.31. The molecule has 0 aliphatic heterocycles. The third-order valence-electron chi connectivity index (χ3n) is 5.03. The summed E-state index contributed by atoms with van der Waals surface area (Å²) in [7, 11) is -4.28. The van der Waals surface area contributed by atoms with Crippen molar-refractivity contribution in [2.24, 2.45) is 5.92 Å². The molecule has 0 spiro atoms. The summed E-state index contributed by atoms with van der Waals surface area (Å²) in [5, 5.41) is 11.1. The highest BCUT2D eigenvalue weighted by atomic mass is 32.2. The van der Waals surface area contributed by atoms with Gasteiger partial charge in [0.2, 0.25) is 0 Å². The van der Waals surface area contributed by atoms with E-state index in [9.17, 15) is 31.5 Å². The minimum atomic E-state index is -4.36. The van der Waals surface area contributed by atoms with Crippen molar-refractivity contribution in [3.8, 4) is 0 Å². The summed E-state index contributed by atoms with van der Waals surface area (Å²) in [6.45, 7) is 0. The van der Waals surface area contributed by atoms with Gasteiger partial charge in [0.25, 0.3) is 10.0 Å². The second-order valence-electron chi connectivity index (χ2n) is 6.61. The summed E-state index contributed by atoms with van der Waals surface area (Å²) in [5.74, 6) is -2.89. The van der Waals surface area contributed by atoms with E-state index in [0.29, 0.717) is 16.6 Å². The molecule has 5 nitrogen and oxygen atoms in total. The number of nitrogens with zero attached hydrogens (tertiary/aromatic N) is 1. The lowest BCUT2D eigenvalue weighted by atomic mass is 9.86. The van der Waals surface area contributed by atoms with Crippen molar-refractivity contribution in [3.05, 3.63) is 51.8 Å². The van der Waals surface area contributed by atoms with Gasteiger partial charge < -0.3 is 5.11 Å². The fourth-order valence-corrected chi connectivity index (χ4v) is 6.62. The zero-order valence-electron chi connectivity index (χ0n) is 14.2. The van der Waals surface area contributed by atoms with Crippen LogP contribution in [0, 0.1) is 5.92 Å². The maximum atomic E-state index is 13.3. The van der Waals surface area contributed by atoms with Gasteiger partial charge in [0.1, 0.15) is 9.77 Å². The number of para-hydroxylation sites is 1. The smallest absolute Gasteiger partial charge is 0.392 e. The molecular formula is C18H14F3NO4S2. The minimum absolute atomic E-state index is 0.0556. The number of rotatable bonds is 3. The number of carbonyl (C=O) groups is 1. The van der Waals surface area contributed by atoms with Crippen molar-refractivity contribution in [3.63, 3.8) is 0 Å². The minimum Gasteiger partial charge on any atom is -0.477 e. The zero-order valence-corrected chi connectivity index (χ0v) is 15.9. The van der Waals surface area contributed by atoms with E-state index in [1.54, 1.807) is 18.2 Å². The number of aromatic nitrogens is 1. The van der Waals surface area contributed by atoms with E-state index in [-0.39, 0.29) is 34.6 Å². The van der Waals surface area contributed by atoms with Gasteiger partial charge in [-0.1, -0.05) is 18.2 Å². The van der Waals surface area contributed by atoms with Gasteiger partial charge in [0, 0.05) is 11.1 Å². The van der Waals surface area contributed by atoms with Crippen molar-refractivity contribution >= 4 is 38.2 Å². The quantitative estimate of drug-likeness (QED) is 0.673. The van der Waals surface area contributed by atoms with Crippen LogP contribution in [-0.2, 0) is 22.9 Å². The summed E-state index contributed by atoms with van der Waals surface area (Å²) in [6.07, 6.45) is -4.92. The molecule has 0 saturated carbocycles. The van der Waals surface area contributed by atoms with Gasteiger partial charge in [0.15, 0.2) is 0 Å². The molecule has 0 bridgehead atoms. The number of hydrogen-bond acceptors (Lipinski definition) is 4. The molecule has 0 fully saturated rings. The molecule has 148 valence electrons. The summed E-state index contributed by atoms with van der Waals surface area (Å²) in [6, 6.07) is 7.59. The lowest BCUT2D eigenvalue weighted by Gasteiger charge is -2.25. The Labute approximate surface area is 162 Å². The van der Waals surface area contributed by atoms with E-state index in [0.717, 1.165) is 15.3 Å². The Hall–Kier alpha value is -2.33. The second-order valence-corrected chi connectivity index (χ2v) is 9.28. The molecule has 1 atom stereocenters. The maximum absolute atomic E-state index is 13.3. The Morgan fingerprint density at radius 1 is 1.21 bits per heavy atom. The number of carboxylic acid groups (broad SMARTS) is 1. The number of aromatic carboxylic acids is 1. The molecule has 1 aliphatic rings. The Balaban J connectivity index is 1.97. The topological polar surface area (TPSA) is 76.4 Å². The largest absolute Gasteiger partial charge is 0.477 e. The third-order valence-corrected chi connectivity index (χ3v) is 7.85. The fraction of sp³-hybridized carbons (Fsp3) is 0.278. The molecule has 3 aromatic rings. The second kappa shape index (κ2) is 6.35. The molecule has 10 heteroatoms. The van der Waals surface area contributed by atoms with Gasteiger partial charge in [-0.3, -0.25) is 0 Å². The summed E-state index contributed by atoms with van der Waals surface area (Å²) in [4.78, 5) is 10.7. The molecule has 1 N–H and O–H groups in total. The van der Waals surface area contributed by atoms with Crippen LogP contribution in [-0.4, -0.2) is 29.6 Å². The molecule has 2 heterocycles. The number of halogens is 3. The Morgan fingerprint density at radius 2 is 1.93 bits per heavy atom. The number of carboxylic acids is 1. The SMILES string of the molecule is O=C(O)c1sccc1S(=O)(=O)n1c2c(c3ccccc31)CC(C(F)(F)F)CC2. The standard InChI is InChI=1S/C18H14F3NO4S2/c19-18(20,21)10-5-6-14-12(9-10)11-3-1-2-4-13(11)22(14)28(25,26)15-7-8-27-16(15)17(23)24/h1-4,7-8,10H,5-6,9H2,(H,23,24). The van der Waals surface area contributed by atoms with E-state index in [1.807, 2.05) is 0 Å². The first-order chi connectivity index (χ1) is 13.1. The number of thiophene rings is 1. The molecule has 4 rings (SSSR count). The first-order valence-corrected chi connectivity index (χ1v) is 10.7. The highest BCUT2D eigenvalue weighted by Gasteiger charge is 2.43. The highest BCUT2D eigenvalue weighted by Crippen LogP contribution is 2.42. The van der Waals surface area contributed by atoms with E-state index >= 15 is 0 Å². The van der Waals surface area contributed by atoms with Crippen molar-refractivity contribution in [2.75, 3.05) is 0 Å². The van der Waals surface area contributed by atoms with E-state index < -0.39 is 28.1 Å². The summed E-state index contributed by atoms with van der Waals surface area (Å²) in [5.41, 5.74) is 0.918. The monoisotopic (exact) mass is 429 g/mol. The first-order valence-electron chi connectivity index (χ1n) is 8.36. The van der Waals surface area contributed by atoms with Crippen molar-refractivity contribution in [1.82, 2.24) is 3.97 Å². The molecule has 1 aromatic carbocycles. The van der Waals surface area contributed by atoms with Gasteiger partial charge in [-0.2, -0.15) is 13.2 Å². The summed E-state index contributed by atoms with van der Waals surface area (Å²) >= 11 is 0.788. The van der Waals surface area contributed by atoms with Gasteiger partial charge in [-0.05, 0) is 42.3 Å². The van der Waals surface area contributed by atoms with Gasteiger partial charge in [0.05, 0.1) is 11.4 Å². The van der Waals surface area contributed by atoms with Crippen molar-refractivity contribution in [2.45, 2.75) is 30.3 Å². The average Bonchev–Trinajstić information content (AvgIpc) is 3.24. The van der Waals surface area contributed by atoms with Crippen LogP contribution in [0.2, 0.25) is 0 Å². The Morgan fingerprint density at radius 3 is 2.61 bits per heavy atom. The number of benzene rings is 1. The highest BCUT2D eigenvalue weighted by molar-refractivity contribution is 7.90. The molecule has 1 aliphatic carbocycles. The van der Waals surface area contributed by atoms with Gasteiger partial charge in [-0.25, -0.2) is 17.2 Å². The van der Waals surface area contributed by atoms with Crippen molar-refractivity contribution in [1.29, 1.82) is 0 Å². The van der Waals surface area contributed by atoms with Gasteiger partial charge >= 0.3 is 12.1 Å². The summed E-state index contributed by atoms with van der Waals surface area (Å²) < 4.78 is 67.4.